The molecule has 1 aromatic rings. The van der Waals surface area contributed by atoms with Crippen molar-refractivity contribution in [2.24, 2.45) is 0 Å². The van der Waals surface area contributed by atoms with Crippen molar-refractivity contribution < 1.29 is 28.2 Å². The molecule has 0 unspecified atom stereocenters. The van der Waals surface area contributed by atoms with Gasteiger partial charge in [0, 0.05) is 0 Å². The Bertz CT molecular complexity index is 523. The maximum Gasteiger partial charge on any atom is 0.412 e. The van der Waals surface area contributed by atoms with Gasteiger partial charge in [-0.3, -0.25) is 5.32 Å². The third-order valence-electron chi connectivity index (χ3n) is 1.95. The number of hydrogen-bond donors (Lipinski definition) is 2. The van der Waals surface area contributed by atoms with Crippen molar-refractivity contribution in [3.8, 4) is 0 Å². The van der Waals surface area contributed by atoms with Gasteiger partial charge < -0.3 is 9.84 Å². The van der Waals surface area contributed by atoms with Gasteiger partial charge in [0.15, 0.2) is 5.82 Å². The number of hydrogen-bond acceptors (Lipinski definition) is 3. The fourth-order valence-corrected chi connectivity index (χ4v) is 1.24. The van der Waals surface area contributed by atoms with Gasteiger partial charge in [-0.05, 0) is 32.9 Å². The summed E-state index contributed by atoms with van der Waals surface area (Å²) >= 11 is 0. The fraction of sp³-hybridized carbons (Fsp3) is 0.333. The van der Waals surface area contributed by atoms with Crippen LogP contribution in [0.4, 0.5) is 19.3 Å². The second-order valence-electron chi connectivity index (χ2n) is 4.72. The van der Waals surface area contributed by atoms with Crippen LogP contribution in [0.2, 0.25) is 0 Å². The first kappa shape index (κ1) is 14.9. The topological polar surface area (TPSA) is 75.6 Å². The minimum Gasteiger partial charge on any atom is -0.478 e. The zero-order valence-corrected chi connectivity index (χ0v) is 10.6. The van der Waals surface area contributed by atoms with E-state index in [4.69, 9.17) is 9.84 Å². The van der Waals surface area contributed by atoms with Crippen molar-refractivity contribution >= 4 is 17.7 Å². The van der Waals surface area contributed by atoms with Gasteiger partial charge in [-0.25, -0.2) is 18.4 Å². The molecule has 0 bridgehead atoms. The molecule has 0 aliphatic carbocycles. The largest absolute Gasteiger partial charge is 0.478 e. The summed E-state index contributed by atoms with van der Waals surface area (Å²) < 4.78 is 31.9. The number of rotatable bonds is 2. The molecule has 5 nitrogen and oxygen atoms in total. The number of aromatic carboxylic acids is 1. The van der Waals surface area contributed by atoms with Gasteiger partial charge in [0.25, 0.3) is 0 Å². The summed E-state index contributed by atoms with van der Waals surface area (Å²) in [5.74, 6) is -4.02. The predicted octanol–water partition coefficient (Wildman–Crippen LogP) is 3.01. The van der Waals surface area contributed by atoms with Crippen LogP contribution < -0.4 is 5.32 Å². The average Bonchev–Trinajstić information content (AvgIpc) is 2.21. The van der Waals surface area contributed by atoms with E-state index in [1.54, 1.807) is 20.8 Å². The number of carbonyl (C=O) groups excluding carboxylic acids is 1. The number of amides is 1. The highest BCUT2D eigenvalue weighted by atomic mass is 19.1. The van der Waals surface area contributed by atoms with Crippen LogP contribution in [0.25, 0.3) is 0 Å². The van der Waals surface area contributed by atoms with Gasteiger partial charge in [0.05, 0.1) is 5.56 Å². The van der Waals surface area contributed by atoms with Gasteiger partial charge in [-0.15, -0.1) is 0 Å². The van der Waals surface area contributed by atoms with E-state index in [0.29, 0.717) is 0 Å². The first-order valence-electron chi connectivity index (χ1n) is 5.33. The van der Waals surface area contributed by atoms with E-state index in [2.05, 4.69) is 0 Å². The van der Waals surface area contributed by atoms with Gasteiger partial charge >= 0.3 is 12.1 Å². The van der Waals surface area contributed by atoms with Crippen LogP contribution in [0.15, 0.2) is 12.1 Å². The third kappa shape index (κ3) is 3.90. The number of halogens is 2. The summed E-state index contributed by atoms with van der Waals surface area (Å²) in [5, 5.41) is 10.6. The Labute approximate surface area is 108 Å². The third-order valence-corrected chi connectivity index (χ3v) is 1.95. The summed E-state index contributed by atoms with van der Waals surface area (Å²) in [6.45, 7) is 4.73. The Kier molecular flexibility index (Phi) is 4.08. The highest BCUT2D eigenvalue weighted by Crippen LogP contribution is 2.23. The quantitative estimate of drug-likeness (QED) is 0.868. The van der Waals surface area contributed by atoms with Gasteiger partial charge in [0.1, 0.15) is 17.1 Å². The summed E-state index contributed by atoms with van der Waals surface area (Å²) in [6, 6.07) is 1.52. The van der Waals surface area contributed by atoms with E-state index < -0.39 is 40.5 Å². The zero-order valence-electron chi connectivity index (χ0n) is 10.6. The lowest BCUT2D eigenvalue weighted by molar-refractivity contribution is 0.0630. The van der Waals surface area contributed by atoms with Crippen LogP contribution in [0.1, 0.15) is 31.1 Å². The Morgan fingerprint density at radius 3 is 2.32 bits per heavy atom. The molecule has 0 atom stereocenters. The molecule has 2 N–H and O–H groups in total. The molecule has 1 aromatic carbocycles. The van der Waals surface area contributed by atoms with Crippen LogP contribution in [0, 0.1) is 11.6 Å². The molecule has 0 saturated carbocycles. The van der Waals surface area contributed by atoms with Gasteiger partial charge in [-0.2, -0.15) is 0 Å². The van der Waals surface area contributed by atoms with Crippen molar-refractivity contribution in [2.75, 3.05) is 5.32 Å². The van der Waals surface area contributed by atoms with E-state index in [0.717, 1.165) is 12.1 Å². The lowest BCUT2D eigenvalue weighted by Crippen LogP contribution is -2.28. The molecular formula is C12H13F2NO4. The Balaban J connectivity index is 3.04. The molecule has 0 aliphatic heterocycles. The number of carboxylic acid groups (broad SMARTS) is 1. The maximum absolute atomic E-state index is 13.7. The SMILES string of the molecule is CC(C)(C)OC(=O)Nc1c(F)ccc(C(=O)O)c1F. The van der Waals surface area contributed by atoms with Gasteiger partial charge in [-0.1, -0.05) is 0 Å². The van der Waals surface area contributed by atoms with E-state index in [9.17, 15) is 18.4 Å². The summed E-state index contributed by atoms with van der Waals surface area (Å²) in [5.41, 5.74) is -2.44. The minimum absolute atomic E-state index is 0.743. The fourth-order valence-electron chi connectivity index (χ4n) is 1.24. The van der Waals surface area contributed by atoms with E-state index >= 15 is 0 Å². The second kappa shape index (κ2) is 5.21. The van der Waals surface area contributed by atoms with Crippen molar-refractivity contribution in [2.45, 2.75) is 26.4 Å². The number of anilines is 1. The molecule has 104 valence electrons. The molecule has 19 heavy (non-hydrogen) atoms. The van der Waals surface area contributed by atoms with Crippen molar-refractivity contribution in [1.29, 1.82) is 0 Å². The first-order chi connectivity index (χ1) is 8.61. The number of benzene rings is 1. The van der Waals surface area contributed by atoms with Gasteiger partial charge in [0.2, 0.25) is 0 Å². The highest BCUT2D eigenvalue weighted by Gasteiger charge is 2.22. The van der Waals surface area contributed by atoms with E-state index in [-0.39, 0.29) is 0 Å². The predicted molar refractivity (Wildman–Crippen MR) is 63.2 cm³/mol. The van der Waals surface area contributed by atoms with Crippen molar-refractivity contribution in [3.63, 3.8) is 0 Å². The Morgan fingerprint density at radius 1 is 1.26 bits per heavy atom. The molecule has 0 aliphatic rings. The number of carboxylic acids is 1. The zero-order chi connectivity index (χ0) is 14.8. The number of nitrogens with one attached hydrogen (secondary N) is 1. The van der Waals surface area contributed by atoms with Crippen molar-refractivity contribution in [1.82, 2.24) is 0 Å². The average molecular weight is 273 g/mol. The Hall–Kier alpha value is -2.18. The van der Waals surface area contributed by atoms with Crippen LogP contribution in [-0.4, -0.2) is 22.8 Å². The molecule has 0 radical (unpaired) electrons. The van der Waals surface area contributed by atoms with E-state index in [1.165, 1.54) is 0 Å². The minimum atomic E-state index is -1.57. The summed E-state index contributed by atoms with van der Waals surface area (Å²) in [4.78, 5) is 22.1. The van der Waals surface area contributed by atoms with Crippen molar-refractivity contribution in [3.05, 3.63) is 29.3 Å². The summed E-state index contributed by atoms with van der Waals surface area (Å²) in [7, 11) is 0. The molecule has 0 aromatic heterocycles. The molecule has 7 heteroatoms. The molecule has 0 spiro atoms. The highest BCUT2D eigenvalue weighted by molar-refractivity contribution is 5.92. The Morgan fingerprint density at radius 2 is 1.84 bits per heavy atom. The van der Waals surface area contributed by atoms with E-state index in [1.807, 2.05) is 5.32 Å². The van der Waals surface area contributed by atoms with Crippen LogP contribution >= 0.6 is 0 Å². The van der Waals surface area contributed by atoms with Crippen LogP contribution in [-0.2, 0) is 4.74 Å². The molecular weight excluding hydrogens is 260 g/mol. The monoisotopic (exact) mass is 273 g/mol. The standard InChI is InChI=1S/C12H13F2NO4/c1-12(2,3)19-11(18)15-9-7(13)5-4-6(8(9)14)10(16)17/h4-5H,1-3H3,(H,15,18)(H,16,17). The second-order valence-corrected chi connectivity index (χ2v) is 4.72. The van der Waals surface area contributed by atoms with Crippen LogP contribution in [0.5, 0.6) is 0 Å². The molecule has 0 heterocycles. The lowest BCUT2D eigenvalue weighted by Gasteiger charge is -2.20. The number of carbonyl (C=O) groups is 2. The molecule has 1 amide bonds. The van der Waals surface area contributed by atoms with Crippen LogP contribution in [0.3, 0.4) is 0 Å². The molecule has 0 fully saturated rings. The summed E-state index contributed by atoms with van der Waals surface area (Å²) in [6.07, 6.45) is -1.08. The lowest BCUT2D eigenvalue weighted by atomic mass is 10.1. The molecule has 1 rings (SSSR count). The molecule has 0 saturated heterocycles. The normalized spacial score (nSPS) is 11.0. The smallest absolute Gasteiger partial charge is 0.412 e. The maximum atomic E-state index is 13.7. The first-order valence-corrected chi connectivity index (χ1v) is 5.33. The number of ether oxygens (including phenoxy) is 1.